The number of sulfone groups is 1. The van der Waals surface area contributed by atoms with Crippen LogP contribution in [0.2, 0.25) is 0 Å². The lowest BCUT2D eigenvalue weighted by atomic mass is 10.3. The first-order chi connectivity index (χ1) is 10.5. The third-order valence-electron chi connectivity index (χ3n) is 2.89. The van der Waals surface area contributed by atoms with Crippen LogP contribution in [0.3, 0.4) is 0 Å². The summed E-state index contributed by atoms with van der Waals surface area (Å²) in [5.74, 6) is -1.66. The van der Waals surface area contributed by atoms with E-state index in [-0.39, 0.29) is 10.8 Å². The normalized spacial score (nSPS) is 12.6. The number of likely N-dealkylation sites (N-methyl/N-ethyl adjacent to an activating group) is 1. The van der Waals surface area contributed by atoms with E-state index in [9.17, 15) is 18.0 Å². The molecule has 0 aliphatic rings. The van der Waals surface area contributed by atoms with E-state index in [4.69, 9.17) is 0 Å². The van der Waals surface area contributed by atoms with E-state index in [1.807, 2.05) is 0 Å². The lowest BCUT2D eigenvalue weighted by Crippen LogP contribution is -2.40. The minimum Gasteiger partial charge on any atom is -0.351 e. The predicted octanol–water partition coefficient (Wildman–Crippen LogP) is 1.19. The maximum absolute atomic E-state index is 12.7. The molecular weight excluding hydrogens is 344 g/mol. The van der Waals surface area contributed by atoms with Crippen LogP contribution in [0, 0.1) is 0 Å². The fraction of sp³-hybridized carbons (Fsp3) is 0.231. The molecular formula is C13H14N2O4S3. The van der Waals surface area contributed by atoms with Crippen LogP contribution in [-0.2, 0) is 19.4 Å². The molecule has 0 aliphatic carbocycles. The van der Waals surface area contributed by atoms with Crippen molar-refractivity contribution in [2.45, 2.75) is 9.46 Å². The van der Waals surface area contributed by atoms with Gasteiger partial charge in [-0.05, 0) is 22.9 Å². The van der Waals surface area contributed by atoms with Gasteiger partial charge < -0.3 is 10.6 Å². The predicted molar refractivity (Wildman–Crippen MR) is 85.6 cm³/mol. The van der Waals surface area contributed by atoms with Gasteiger partial charge in [-0.2, -0.15) is 0 Å². The van der Waals surface area contributed by atoms with Gasteiger partial charge in [-0.1, -0.05) is 12.1 Å². The van der Waals surface area contributed by atoms with Crippen molar-refractivity contribution in [2.75, 3.05) is 13.6 Å². The van der Waals surface area contributed by atoms with Gasteiger partial charge in [-0.15, -0.1) is 22.7 Å². The van der Waals surface area contributed by atoms with Crippen LogP contribution in [0.1, 0.15) is 10.1 Å². The molecule has 2 N–H and O–H groups in total. The summed E-state index contributed by atoms with van der Waals surface area (Å²) in [5, 5.41) is 7.10. The van der Waals surface area contributed by atoms with Gasteiger partial charge in [-0.3, -0.25) is 9.59 Å². The summed E-state index contributed by atoms with van der Waals surface area (Å²) in [6, 6.07) is 6.64. The number of hydrogen-bond acceptors (Lipinski definition) is 6. The largest absolute Gasteiger partial charge is 0.351 e. The quantitative estimate of drug-likeness (QED) is 0.785. The number of nitrogens with one attached hydrogen (secondary N) is 2. The first kappa shape index (κ1) is 16.7. The first-order valence-electron chi connectivity index (χ1n) is 6.27. The highest BCUT2D eigenvalue weighted by Crippen LogP contribution is 2.33. The summed E-state index contributed by atoms with van der Waals surface area (Å²) < 4.78 is 25.7. The van der Waals surface area contributed by atoms with E-state index in [2.05, 4.69) is 10.6 Å². The van der Waals surface area contributed by atoms with Crippen molar-refractivity contribution in [3.05, 3.63) is 39.9 Å². The van der Waals surface area contributed by atoms with Crippen molar-refractivity contribution in [1.29, 1.82) is 0 Å². The summed E-state index contributed by atoms with van der Waals surface area (Å²) >= 11 is 2.42. The van der Waals surface area contributed by atoms with Gasteiger partial charge in [0.05, 0.1) is 0 Å². The van der Waals surface area contributed by atoms with Gasteiger partial charge in [0, 0.05) is 18.5 Å². The van der Waals surface area contributed by atoms with E-state index in [1.165, 1.54) is 24.5 Å². The molecule has 2 amide bonds. The van der Waals surface area contributed by atoms with Crippen molar-refractivity contribution < 1.29 is 18.0 Å². The Kier molecular flexibility index (Phi) is 5.33. The molecule has 1 unspecified atom stereocenters. The van der Waals surface area contributed by atoms with Crippen LogP contribution in [0.4, 0.5) is 0 Å². The standard InChI is InChI=1S/C13H14N2O4S3/c1-14-12(16)13(17)15-8-10(9-4-2-6-20-9)22(18,19)11-5-3-7-21-11/h2-7,10H,8H2,1H3,(H,14,16)(H,15,17). The number of rotatable bonds is 5. The fourth-order valence-electron chi connectivity index (χ4n) is 1.78. The minimum absolute atomic E-state index is 0.160. The molecule has 0 saturated carbocycles. The third kappa shape index (κ3) is 3.54. The van der Waals surface area contributed by atoms with E-state index in [0.717, 1.165) is 11.3 Å². The van der Waals surface area contributed by atoms with E-state index < -0.39 is 26.9 Å². The molecule has 0 spiro atoms. The molecule has 0 saturated heterocycles. The molecule has 2 aromatic rings. The Morgan fingerprint density at radius 3 is 2.36 bits per heavy atom. The van der Waals surface area contributed by atoms with Crippen molar-refractivity contribution in [3.63, 3.8) is 0 Å². The van der Waals surface area contributed by atoms with Crippen molar-refractivity contribution in [1.82, 2.24) is 10.6 Å². The monoisotopic (exact) mass is 358 g/mol. The van der Waals surface area contributed by atoms with Crippen molar-refractivity contribution >= 4 is 44.3 Å². The molecule has 2 heterocycles. The fourth-order valence-corrected chi connectivity index (χ4v) is 5.77. The summed E-state index contributed by atoms with van der Waals surface area (Å²) in [6.07, 6.45) is 0. The molecule has 0 fully saturated rings. The maximum atomic E-state index is 12.7. The molecule has 1 atom stereocenters. The molecule has 2 aromatic heterocycles. The average Bonchev–Trinajstić information content (AvgIpc) is 3.19. The van der Waals surface area contributed by atoms with E-state index in [1.54, 1.807) is 29.0 Å². The zero-order chi connectivity index (χ0) is 16.2. The van der Waals surface area contributed by atoms with Crippen LogP contribution in [0.15, 0.2) is 39.2 Å². The summed E-state index contributed by atoms with van der Waals surface area (Å²) in [6.45, 7) is -0.160. The molecule has 0 bridgehead atoms. The number of thiophene rings is 2. The topological polar surface area (TPSA) is 92.3 Å². The highest BCUT2D eigenvalue weighted by molar-refractivity contribution is 7.93. The van der Waals surface area contributed by atoms with Crippen LogP contribution in [0.25, 0.3) is 0 Å². The molecule has 6 nitrogen and oxygen atoms in total. The molecule has 22 heavy (non-hydrogen) atoms. The van der Waals surface area contributed by atoms with Gasteiger partial charge in [0.2, 0.25) is 0 Å². The van der Waals surface area contributed by atoms with Gasteiger partial charge in [-0.25, -0.2) is 8.42 Å². The Hall–Kier alpha value is -1.71. The second-order valence-corrected chi connectivity index (χ2v) is 8.55. The molecule has 118 valence electrons. The molecule has 2 rings (SSSR count). The van der Waals surface area contributed by atoms with Gasteiger partial charge in [0.25, 0.3) is 0 Å². The Labute approximate surface area is 136 Å². The van der Waals surface area contributed by atoms with Gasteiger partial charge in [0.15, 0.2) is 9.84 Å². The van der Waals surface area contributed by atoms with Crippen molar-refractivity contribution in [2.24, 2.45) is 0 Å². The number of hydrogen-bond donors (Lipinski definition) is 2. The van der Waals surface area contributed by atoms with Crippen LogP contribution < -0.4 is 10.6 Å². The summed E-state index contributed by atoms with van der Waals surface area (Å²) in [5.41, 5.74) is 0. The Morgan fingerprint density at radius 2 is 1.82 bits per heavy atom. The molecule has 9 heteroatoms. The lowest BCUT2D eigenvalue weighted by Gasteiger charge is -2.16. The summed E-state index contributed by atoms with van der Waals surface area (Å²) in [4.78, 5) is 23.4. The SMILES string of the molecule is CNC(=O)C(=O)NCC(c1cccs1)S(=O)(=O)c1cccs1. The Morgan fingerprint density at radius 1 is 1.14 bits per heavy atom. The third-order valence-corrected chi connectivity index (χ3v) is 7.54. The second kappa shape index (κ2) is 7.03. The highest BCUT2D eigenvalue weighted by Gasteiger charge is 2.31. The van der Waals surface area contributed by atoms with E-state index in [0.29, 0.717) is 4.88 Å². The second-order valence-electron chi connectivity index (χ2n) is 4.27. The minimum atomic E-state index is -3.63. The smallest absolute Gasteiger partial charge is 0.309 e. The Balaban J connectivity index is 2.26. The van der Waals surface area contributed by atoms with Crippen LogP contribution in [0.5, 0.6) is 0 Å². The number of carbonyl (C=O) groups excluding carboxylic acids is 2. The number of amides is 2. The molecule has 0 radical (unpaired) electrons. The number of carbonyl (C=O) groups is 2. The first-order valence-corrected chi connectivity index (χ1v) is 9.58. The molecule has 0 aromatic carbocycles. The van der Waals surface area contributed by atoms with Gasteiger partial charge >= 0.3 is 11.8 Å². The summed E-state index contributed by atoms with van der Waals surface area (Å²) in [7, 11) is -2.29. The van der Waals surface area contributed by atoms with Crippen LogP contribution >= 0.6 is 22.7 Å². The maximum Gasteiger partial charge on any atom is 0.309 e. The van der Waals surface area contributed by atoms with Crippen molar-refractivity contribution in [3.8, 4) is 0 Å². The van der Waals surface area contributed by atoms with Crippen LogP contribution in [-0.4, -0.2) is 33.8 Å². The molecule has 0 aliphatic heterocycles. The van der Waals surface area contributed by atoms with Gasteiger partial charge in [0.1, 0.15) is 9.46 Å². The lowest BCUT2D eigenvalue weighted by molar-refractivity contribution is -0.138. The zero-order valence-corrected chi connectivity index (χ0v) is 14.1. The zero-order valence-electron chi connectivity index (χ0n) is 11.6. The average molecular weight is 358 g/mol. The van der Waals surface area contributed by atoms with E-state index >= 15 is 0 Å². The Bertz CT molecular complexity index is 736. The highest BCUT2D eigenvalue weighted by atomic mass is 32.2.